The second-order valence-electron chi connectivity index (χ2n) is 7.09. The van der Waals surface area contributed by atoms with Crippen molar-refractivity contribution in [1.82, 2.24) is 4.57 Å². The number of halogens is 2. The van der Waals surface area contributed by atoms with Crippen LogP contribution in [-0.4, -0.2) is 23.1 Å². The third-order valence-electron chi connectivity index (χ3n) is 4.51. The number of amides is 1. The van der Waals surface area contributed by atoms with Crippen LogP contribution < -0.4 is 4.80 Å². The summed E-state index contributed by atoms with van der Waals surface area (Å²) in [6.07, 6.45) is 0.0584. The summed E-state index contributed by atoms with van der Waals surface area (Å²) in [6.45, 7) is 5.66. The summed E-state index contributed by atoms with van der Waals surface area (Å²) in [5.74, 6) is -2.23. The van der Waals surface area contributed by atoms with Gasteiger partial charge in [-0.05, 0) is 30.0 Å². The van der Waals surface area contributed by atoms with E-state index in [1.807, 2.05) is 24.3 Å². The number of fused-ring (bicyclic) bond motifs is 1. The Labute approximate surface area is 176 Å². The van der Waals surface area contributed by atoms with E-state index < -0.39 is 23.5 Å². The highest BCUT2D eigenvalue weighted by atomic mass is 32.1. The number of rotatable bonds is 6. The van der Waals surface area contributed by atoms with Gasteiger partial charge in [0.15, 0.2) is 10.6 Å². The third-order valence-corrected chi connectivity index (χ3v) is 5.54. The van der Waals surface area contributed by atoms with Crippen LogP contribution in [0.15, 0.2) is 41.4 Å². The summed E-state index contributed by atoms with van der Waals surface area (Å²) in [5.41, 5.74) is 1.98. The van der Waals surface area contributed by atoms with Gasteiger partial charge in [-0.2, -0.15) is 4.99 Å². The van der Waals surface area contributed by atoms with Gasteiger partial charge in [0.1, 0.15) is 12.4 Å². The molecule has 1 amide bonds. The van der Waals surface area contributed by atoms with Crippen LogP contribution in [0.5, 0.6) is 0 Å². The second kappa shape index (κ2) is 9.30. The molecule has 158 valence electrons. The Morgan fingerprint density at radius 1 is 1.17 bits per heavy atom. The Kier molecular flexibility index (Phi) is 6.77. The van der Waals surface area contributed by atoms with Crippen molar-refractivity contribution in [2.24, 2.45) is 4.99 Å². The average Bonchev–Trinajstić information content (AvgIpc) is 2.99. The Morgan fingerprint density at radius 2 is 1.87 bits per heavy atom. The predicted molar refractivity (Wildman–Crippen MR) is 111 cm³/mol. The molecule has 2 aromatic carbocycles. The summed E-state index contributed by atoms with van der Waals surface area (Å²) in [7, 11) is 0. The van der Waals surface area contributed by atoms with Crippen LogP contribution in [0.3, 0.4) is 0 Å². The number of thiazole rings is 1. The van der Waals surface area contributed by atoms with Crippen molar-refractivity contribution < 1.29 is 23.1 Å². The Hall–Kier alpha value is -2.87. The zero-order chi connectivity index (χ0) is 21.8. The molecule has 0 aliphatic heterocycles. The molecule has 0 unspecified atom stereocenters. The summed E-state index contributed by atoms with van der Waals surface area (Å²) < 4.78 is 34.5. The van der Waals surface area contributed by atoms with Crippen LogP contribution in [0.25, 0.3) is 10.2 Å². The van der Waals surface area contributed by atoms with Crippen LogP contribution in [-0.2, 0) is 27.3 Å². The fourth-order valence-electron chi connectivity index (χ4n) is 3.04. The van der Waals surface area contributed by atoms with Crippen molar-refractivity contribution in [1.29, 1.82) is 0 Å². The minimum absolute atomic E-state index is 0.0160. The van der Waals surface area contributed by atoms with Crippen molar-refractivity contribution in [3.8, 4) is 0 Å². The summed E-state index contributed by atoms with van der Waals surface area (Å²) in [4.78, 5) is 28.7. The van der Waals surface area contributed by atoms with Crippen molar-refractivity contribution >= 4 is 33.4 Å². The first kappa shape index (κ1) is 21.8. The highest BCUT2D eigenvalue weighted by molar-refractivity contribution is 7.16. The van der Waals surface area contributed by atoms with Gasteiger partial charge in [-0.3, -0.25) is 9.59 Å². The first-order chi connectivity index (χ1) is 14.3. The summed E-state index contributed by atoms with van der Waals surface area (Å²) >= 11 is 0.945. The number of carbonyl (C=O) groups excluding carboxylic acids is 2. The first-order valence-electron chi connectivity index (χ1n) is 9.59. The predicted octanol–water partition coefficient (Wildman–Crippen LogP) is 4.34. The first-order valence-corrected chi connectivity index (χ1v) is 10.4. The molecule has 0 spiro atoms. The van der Waals surface area contributed by atoms with Gasteiger partial charge in [0.25, 0.3) is 5.91 Å². The molecule has 0 radical (unpaired) electrons. The van der Waals surface area contributed by atoms with Gasteiger partial charge in [0, 0.05) is 6.07 Å². The van der Waals surface area contributed by atoms with Gasteiger partial charge in [0.2, 0.25) is 0 Å². The molecule has 8 heteroatoms. The maximum Gasteiger partial charge on any atom is 0.326 e. The van der Waals surface area contributed by atoms with Crippen LogP contribution >= 0.6 is 11.3 Å². The smallest absolute Gasteiger partial charge is 0.326 e. The van der Waals surface area contributed by atoms with Crippen LogP contribution in [0.2, 0.25) is 0 Å². The molecule has 0 aliphatic rings. The van der Waals surface area contributed by atoms with E-state index >= 15 is 0 Å². The van der Waals surface area contributed by atoms with Crippen molar-refractivity contribution in [2.75, 3.05) is 6.61 Å². The molecule has 0 bridgehead atoms. The quantitative estimate of drug-likeness (QED) is 0.545. The highest BCUT2D eigenvalue weighted by Gasteiger charge is 2.17. The maximum absolute atomic E-state index is 14.4. The van der Waals surface area contributed by atoms with Crippen molar-refractivity contribution in [2.45, 2.75) is 39.7 Å². The summed E-state index contributed by atoms with van der Waals surface area (Å²) in [5, 5.41) is 0. The van der Waals surface area contributed by atoms with Gasteiger partial charge in [-0.1, -0.05) is 49.4 Å². The number of nitrogens with zero attached hydrogens (tertiary/aromatic N) is 2. The number of carbonyl (C=O) groups is 2. The largest absolute Gasteiger partial charge is 0.465 e. The molecule has 30 heavy (non-hydrogen) atoms. The molecule has 3 rings (SSSR count). The number of aromatic nitrogens is 1. The number of benzene rings is 2. The topological polar surface area (TPSA) is 60.7 Å². The maximum atomic E-state index is 14.4. The Balaban J connectivity index is 1.98. The second-order valence-corrected chi connectivity index (χ2v) is 8.10. The molecule has 1 aromatic heterocycles. The Morgan fingerprint density at radius 3 is 2.50 bits per heavy atom. The van der Waals surface area contributed by atoms with Crippen LogP contribution in [0.4, 0.5) is 8.78 Å². The molecular formula is C22H22F2N2O3S. The van der Waals surface area contributed by atoms with E-state index in [1.165, 1.54) is 4.57 Å². The molecule has 0 N–H and O–H groups in total. The van der Waals surface area contributed by atoms with E-state index in [-0.39, 0.29) is 34.6 Å². The van der Waals surface area contributed by atoms with Gasteiger partial charge in [-0.25, -0.2) is 8.78 Å². The molecule has 3 aromatic rings. The fourth-order valence-corrected chi connectivity index (χ4v) is 4.12. The van der Waals surface area contributed by atoms with E-state index in [4.69, 9.17) is 4.74 Å². The molecular weight excluding hydrogens is 410 g/mol. The molecule has 1 heterocycles. The van der Waals surface area contributed by atoms with E-state index in [0.717, 1.165) is 34.6 Å². The zero-order valence-corrected chi connectivity index (χ0v) is 17.8. The summed E-state index contributed by atoms with van der Waals surface area (Å²) in [6, 6.07) is 9.56. The minimum atomic E-state index is -0.830. The number of ether oxygens (including phenoxy) is 1. The standard InChI is InChI=1S/C22H22F2N2O3S/c1-4-29-20(28)12-26-21-17(24)10-16(23)11-18(21)30-22(26)25-19(27)9-14-5-7-15(8-6-14)13(2)3/h5-8,10-11,13H,4,9,12H2,1-3H3. The minimum Gasteiger partial charge on any atom is -0.465 e. The van der Waals surface area contributed by atoms with Gasteiger partial charge in [-0.15, -0.1) is 0 Å². The molecule has 0 atom stereocenters. The molecule has 5 nitrogen and oxygen atoms in total. The number of esters is 1. The van der Waals surface area contributed by atoms with Gasteiger partial charge < -0.3 is 9.30 Å². The lowest BCUT2D eigenvalue weighted by molar-refractivity contribution is -0.143. The average molecular weight is 432 g/mol. The SMILES string of the molecule is CCOC(=O)Cn1c(=NC(=O)Cc2ccc(C(C)C)cc2)sc2cc(F)cc(F)c21. The normalized spacial score (nSPS) is 12.0. The van der Waals surface area contributed by atoms with E-state index in [2.05, 4.69) is 18.8 Å². The third kappa shape index (κ3) is 4.99. The highest BCUT2D eigenvalue weighted by Crippen LogP contribution is 2.22. The van der Waals surface area contributed by atoms with Crippen molar-refractivity contribution in [3.05, 3.63) is 64.0 Å². The van der Waals surface area contributed by atoms with E-state index in [1.54, 1.807) is 6.92 Å². The van der Waals surface area contributed by atoms with Gasteiger partial charge >= 0.3 is 5.97 Å². The molecule has 0 saturated heterocycles. The zero-order valence-electron chi connectivity index (χ0n) is 16.9. The van der Waals surface area contributed by atoms with Crippen LogP contribution in [0.1, 0.15) is 37.8 Å². The molecule has 0 aliphatic carbocycles. The fraction of sp³-hybridized carbons (Fsp3) is 0.318. The Bertz CT molecular complexity index is 1150. The van der Waals surface area contributed by atoms with E-state index in [9.17, 15) is 18.4 Å². The lowest BCUT2D eigenvalue weighted by atomic mass is 10.0. The number of hydrogen-bond donors (Lipinski definition) is 0. The number of hydrogen-bond acceptors (Lipinski definition) is 4. The van der Waals surface area contributed by atoms with Crippen molar-refractivity contribution in [3.63, 3.8) is 0 Å². The van der Waals surface area contributed by atoms with Crippen LogP contribution in [0, 0.1) is 11.6 Å². The molecule has 0 fully saturated rings. The van der Waals surface area contributed by atoms with E-state index in [0.29, 0.717) is 5.92 Å². The lowest BCUT2D eigenvalue weighted by Gasteiger charge is -2.06. The van der Waals surface area contributed by atoms with Gasteiger partial charge in [0.05, 0.1) is 23.2 Å². The molecule has 0 saturated carbocycles. The monoisotopic (exact) mass is 432 g/mol. The lowest BCUT2D eigenvalue weighted by Crippen LogP contribution is -2.23.